The number of nitrogens with one attached hydrogen (secondary N) is 1. The van der Waals surface area contributed by atoms with Crippen LogP contribution in [-0.2, 0) is 16.4 Å². The lowest BCUT2D eigenvalue weighted by Gasteiger charge is -2.02. The normalized spacial score (nSPS) is 11.7. The van der Waals surface area contributed by atoms with Crippen molar-refractivity contribution in [2.24, 2.45) is 0 Å². The molecule has 1 aromatic heterocycles. The first-order valence-corrected chi connectivity index (χ1v) is 8.74. The van der Waals surface area contributed by atoms with Crippen LogP contribution in [0.15, 0.2) is 29.6 Å². The molecule has 0 bridgehead atoms. The molecule has 0 aliphatic carbocycles. The molecule has 0 radical (unpaired) electrons. The molecule has 0 spiro atoms. The van der Waals surface area contributed by atoms with Crippen LogP contribution in [0.3, 0.4) is 0 Å². The minimum Gasteiger partial charge on any atom is -0.508 e. The minimum absolute atomic E-state index is 0.0869. The van der Waals surface area contributed by atoms with Crippen LogP contribution in [0.5, 0.6) is 5.75 Å². The van der Waals surface area contributed by atoms with Crippen molar-refractivity contribution in [2.45, 2.75) is 13.3 Å². The van der Waals surface area contributed by atoms with Crippen LogP contribution in [0.25, 0.3) is 11.3 Å². The van der Waals surface area contributed by atoms with Gasteiger partial charge in [-0.1, -0.05) is 0 Å². The molecule has 7 heteroatoms. The lowest BCUT2D eigenvalue weighted by molar-refractivity contribution is 0.475. The minimum atomic E-state index is -3.14. The van der Waals surface area contributed by atoms with Crippen LogP contribution in [-0.4, -0.2) is 30.8 Å². The Morgan fingerprint density at radius 3 is 2.65 bits per heavy atom. The number of rotatable bonds is 6. The summed E-state index contributed by atoms with van der Waals surface area (Å²) in [5.74, 6) is 0.307. The van der Waals surface area contributed by atoms with Gasteiger partial charge in [0.25, 0.3) is 0 Å². The molecule has 2 aromatic rings. The molecule has 5 nitrogen and oxygen atoms in total. The molecule has 2 rings (SSSR count). The molecule has 20 heavy (non-hydrogen) atoms. The maximum absolute atomic E-state index is 11.3. The van der Waals surface area contributed by atoms with E-state index in [0.717, 1.165) is 16.3 Å². The molecule has 0 aliphatic rings. The predicted molar refractivity (Wildman–Crippen MR) is 80.4 cm³/mol. The maximum Gasteiger partial charge on any atom is 0.211 e. The van der Waals surface area contributed by atoms with Crippen molar-refractivity contribution in [1.29, 1.82) is 0 Å². The van der Waals surface area contributed by atoms with Crippen LogP contribution in [0.4, 0.5) is 0 Å². The van der Waals surface area contributed by atoms with Crippen molar-refractivity contribution in [3.8, 4) is 17.0 Å². The van der Waals surface area contributed by atoms with Gasteiger partial charge >= 0.3 is 0 Å². The number of aromatic nitrogens is 1. The SMILES string of the molecule is CCS(=O)(=O)NCCc1nc(-c2ccc(O)cc2)cs1. The Kier molecular flexibility index (Phi) is 4.74. The molecule has 0 atom stereocenters. The summed E-state index contributed by atoms with van der Waals surface area (Å²) in [6.07, 6.45) is 0.571. The van der Waals surface area contributed by atoms with Gasteiger partial charge in [-0.2, -0.15) is 0 Å². The number of hydrogen-bond acceptors (Lipinski definition) is 5. The molecule has 0 fully saturated rings. The van der Waals surface area contributed by atoms with Gasteiger partial charge in [-0.3, -0.25) is 0 Å². The Bertz CT molecular complexity index is 663. The second kappa shape index (κ2) is 6.34. The summed E-state index contributed by atoms with van der Waals surface area (Å²) in [7, 11) is -3.14. The largest absolute Gasteiger partial charge is 0.508 e. The Hall–Kier alpha value is -1.44. The third kappa shape index (κ3) is 4.03. The van der Waals surface area contributed by atoms with Gasteiger partial charge in [0, 0.05) is 23.9 Å². The number of thiazole rings is 1. The first kappa shape index (κ1) is 15.0. The van der Waals surface area contributed by atoms with E-state index in [-0.39, 0.29) is 11.5 Å². The summed E-state index contributed by atoms with van der Waals surface area (Å²) in [5, 5.41) is 12.0. The van der Waals surface area contributed by atoms with Crippen LogP contribution in [0.2, 0.25) is 0 Å². The van der Waals surface area contributed by atoms with Crippen molar-refractivity contribution >= 4 is 21.4 Å². The van der Waals surface area contributed by atoms with E-state index in [9.17, 15) is 13.5 Å². The highest BCUT2D eigenvalue weighted by atomic mass is 32.2. The van der Waals surface area contributed by atoms with E-state index in [1.807, 2.05) is 5.38 Å². The second-order valence-corrected chi connectivity index (χ2v) is 7.26. The van der Waals surface area contributed by atoms with Crippen LogP contribution < -0.4 is 4.72 Å². The molecule has 0 saturated carbocycles. The molecule has 0 amide bonds. The average molecular weight is 312 g/mol. The first-order chi connectivity index (χ1) is 9.50. The van der Waals surface area contributed by atoms with E-state index in [1.165, 1.54) is 11.3 Å². The van der Waals surface area contributed by atoms with E-state index in [4.69, 9.17) is 0 Å². The highest BCUT2D eigenvalue weighted by Gasteiger charge is 2.08. The fraction of sp³-hybridized carbons (Fsp3) is 0.308. The van der Waals surface area contributed by atoms with Gasteiger partial charge in [0.1, 0.15) is 5.75 Å². The van der Waals surface area contributed by atoms with E-state index >= 15 is 0 Å². The van der Waals surface area contributed by atoms with Gasteiger partial charge in [-0.25, -0.2) is 18.1 Å². The number of sulfonamides is 1. The number of phenols is 1. The Morgan fingerprint density at radius 1 is 1.30 bits per heavy atom. The molecular formula is C13H16N2O3S2. The van der Waals surface area contributed by atoms with Gasteiger partial charge in [0.15, 0.2) is 0 Å². The molecule has 2 N–H and O–H groups in total. The number of aromatic hydroxyl groups is 1. The van der Waals surface area contributed by atoms with E-state index in [2.05, 4.69) is 9.71 Å². The predicted octanol–water partition coefficient (Wildman–Crippen LogP) is 2.00. The zero-order valence-corrected chi connectivity index (χ0v) is 12.7. The quantitative estimate of drug-likeness (QED) is 0.855. The summed E-state index contributed by atoms with van der Waals surface area (Å²) >= 11 is 1.50. The third-order valence-corrected chi connectivity index (χ3v) is 5.07. The average Bonchev–Trinajstić information content (AvgIpc) is 2.88. The van der Waals surface area contributed by atoms with E-state index in [0.29, 0.717) is 13.0 Å². The number of phenolic OH excluding ortho intramolecular Hbond substituents is 1. The van der Waals surface area contributed by atoms with Crippen molar-refractivity contribution in [1.82, 2.24) is 9.71 Å². The molecular weight excluding hydrogens is 296 g/mol. The summed E-state index contributed by atoms with van der Waals surface area (Å²) in [4.78, 5) is 4.46. The Balaban J connectivity index is 1.97. The van der Waals surface area contributed by atoms with Gasteiger partial charge in [0.2, 0.25) is 10.0 Å². The molecule has 1 aromatic carbocycles. The van der Waals surface area contributed by atoms with Gasteiger partial charge in [-0.05, 0) is 31.2 Å². The molecule has 0 unspecified atom stereocenters. The second-order valence-electron chi connectivity index (χ2n) is 4.22. The lowest BCUT2D eigenvalue weighted by atomic mass is 10.2. The molecule has 1 heterocycles. The van der Waals surface area contributed by atoms with Crippen LogP contribution in [0, 0.1) is 0 Å². The number of hydrogen-bond donors (Lipinski definition) is 2. The van der Waals surface area contributed by atoms with Crippen molar-refractivity contribution in [2.75, 3.05) is 12.3 Å². The number of nitrogens with zero attached hydrogens (tertiary/aromatic N) is 1. The zero-order chi connectivity index (χ0) is 14.6. The topological polar surface area (TPSA) is 79.3 Å². The van der Waals surface area contributed by atoms with Crippen LogP contribution in [0.1, 0.15) is 11.9 Å². The zero-order valence-electron chi connectivity index (χ0n) is 11.0. The third-order valence-electron chi connectivity index (χ3n) is 2.76. The highest BCUT2D eigenvalue weighted by Crippen LogP contribution is 2.23. The molecule has 0 aliphatic heterocycles. The van der Waals surface area contributed by atoms with Gasteiger partial charge in [0.05, 0.1) is 16.5 Å². The summed E-state index contributed by atoms with van der Waals surface area (Å²) in [6.45, 7) is 1.97. The molecule has 108 valence electrons. The highest BCUT2D eigenvalue weighted by molar-refractivity contribution is 7.89. The fourth-order valence-electron chi connectivity index (χ4n) is 1.61. The Morgan fingerprint density at radius 2 is 2.00 bits per heavy atom. The van der Waals surface area contributed by atoms with E-state index < -0.39 is 10.0 Å². The van der Waals surface area contributed by atoms with Crippen molar-refractivity contribution < 1.29 is 13.5 Å². The molecule has 0 saturated heterocycles. The Labute approximate surface area is 122 Å². The van der Waals surface area contributed by atoms with Crippen LogP contribution >= 0.6 is 11.3 Å². The summed E-state index contributed by atoms with van der Waals surface area (Å²) < 4.78 is 25.1. The van der Waals surface area contributed by atoms with Gasteiger partial charge < -0.3 is 5.11 Å². The standard InChI is InChI=1S/C13H16N2O3S2/c1-2-20(17,18)14-8-7-13-15-12(9-19-13)10-3-5-11(16)6-4-10/h3-6,9,14,16H,2,7-8H2,1H3. The van der Waals surface area contributed by atoms with Gasteiger partial charge in [-0.15, -0.1) is 11.3 Å². The maximum atomic E-state index is 11.3. The fourth-order valence-corrected chi connectivity index (χ4v) is 3.03. The number of benzene rings is 1. The van der Waals surface area contributed by atoms with Crippen molar-refractivity contribution in [3.05, 3.63) is 34.7 Å². The summed E-state index contributed by atoms with van der Waals surface area (Å²) in [5.41, 5.74) is 1.77. The lowest BCUT2D eigenvalue weighted by Crippen LogP contribution is -2.27. The van der Waals surface area contributed by atoms with E-state index in [1.54, 1.807) is 31.2 Å². The monoisotopic (exact) mass is 312 g/mol. The van der Waals surface area contributed by atoms with Crippen molar-refractivity contribution in [3.63, 3.8) is 0 Å². The summed E-state index contributed by atoms with van der Waals surface area (Å²) in [6, 6.07) is 6.83. The smallest absolute Gasteiger partial charge is 0.211 e. The first-order valence-electron chi connectivity index (χ1n) is 6.21.